The van der Waals surface area contributed by atoms with Crippen LogP contribution >= 0.6 is 11.3 Å². The maximum atomic E-state index is 13.4. The molecule has 1 fully saturated rings. The number of amides is 1. The van der Waals surface area contributed by atoms with Crippen molar-refractivity contribution in [1.29, 1.82) is 0 Å². The van der Waals surface area contributed by atoms with E-state index >= 15 is 0 Å². The van der Waals surface area contributed by atoms with Crippen LogP contribution in [0.5, 0.6) is 17.5 Å². The molecule has 5 rings (SSSR count). The minimum Gasteiger partial charge on any atom is -0.480 e. The molecule has 10 nitrogen and oxygen atoms in total. The van der Waals surface area contributed by atoms with E-state index in [2.05, 4.69) is 25.6 Å². The Kier molecular flexibility index (Phi) is 5.97. The van der Waals surface area contributed by atoms with Crippen LogP contribution in [0.1, 0.15) is 20.8 Å². The zero-order chi connectivity index (χ0) is 25.7. The van der Waals surface area contributed by atoms with Gasteiger partial charge in [0.05, 0.1) is 36.9 Å². The number of likely N-dealkylation sites (N-methyl/N-ethyl adjacent to an activating group) is 1. The summed E-state index contributed by atoms with van der Waals surface area (Å²) in [4.78, 5) is 28.3. The van der Waals surface area contributed by atoms with Crippen LogP contribution < -0.4 is 24.8 Å². The Balaban J connectivity index is 1.54. The zero-order valence-corrected chi connectivity index (χ0v) is 20.2. The fourth-order valence-electron chi connectivity index (χ4n) is 4.09. The lowest BCUT2D eigenvalue weighted by Crippen LogP contribution is -2.30. The predicted molar refractivity (Wildman–Crippen MR) is 123 cm³/mol. The average molecular weight is 523 g/mol. The van der Waals surface area contributed by atoms with E-state index in [4.69, 9.17) is 14.2 Å². The van der Waals surface area contributed by atoms with Crippen LogP contribution in [-0.4, -0.2) is 66.7 Å². The summed E-state index contributed by atoms with van der Waals surface area (Å²) in [5.74, 6) is -0.482. The summed E-state index contributed by atoms with van der Waals surface area (Å²) < 4.78 is 56.6. The number of alkyl halides is 3. The van der Waals surface area contributed by atoms with E-state index in [1.807, 2.05) is 11.9 Å². The van der Waals surface area contributed by atoms with Crippen molar-refractivity contribution in [2.24, 2.45) is 0 Å². The van der Waals surface area contributed by atoms with Crippen LogP contribution in [0.2, 0.25) is 0 Å². The Hall–Kier alpha value is -3.49. The number of aromatic nitrogens is 3. The molecule has 1 spiro atoms. The lowest BCUT2D eigenvalue weighted by atomic mass is 10.0. The molecule has 2 unspecified atom stereocenters. The van der Waals surface area contributed by atoms with Gasteiger partial charge in [0, 0.05) is 18.7 Å². The molecule has 1 aromatic carbocycles. The third kappa shape index (κ3) is 4.00. The number of halogens is 3. The van der Waals surface area contributed by atoms with Crippen molar-refractivity contribution in [3.63, 3.8) is 0 Å². The standard InChI is InChI=1S/C22H21F3N6O4S/c1-26-6-7-31-9-21(31)16-15(12-5-4-11(22(23,24)25)8-13(12)35-21)29-20(36-16)30-17(32)14-18(33-2)27-10-28-19(14)34-3/h4-5,8,10,26H,6-7,9H2,1-3H3,(H,29,30,32). The van der Waals surface area contributed by atoms with Gasteiger partial charge < -0.3 is 19.5 Å². The van der Waals surface area contributed by atoms with Crippen molar-refractivity contribution >= 4 is 22.4 Å². The number of hydrogen-bond acceptors (Lipinski definition) is 10. The normalized spacial score (nSPS) is 19.8. The Bertz CT molecular complexity index is 1310. The van der Waals surface area contributed by atoms with Crippen molar-refractivity contribution in [3.8, 4) is 28.8 Å². The molecule has 4 heterocycles. The number of nitrogens with zero attached hydrogens (tertiary/aromatic N) is 4. The van der Waals surface area contributed by atoms with Gasteiger partial charge in [0.25, 0.3) is 5.91 Å². The Morgan fingerprint density at radius 3 is 2.61 bits per heavy atom. The van der Waals surface area contributed by atoms with Crippen molar-refractivity contribution in [3.05, 3.63) is 40.5 Å². The molecule has 2 N–H and O–H groups in total. The highest BCUT2D eigenvalue weighted by Crippen LogP contribution is 2.56. The molecule has 0 saturated carbocycles. The monoisotopic (exact) mass is 522 g/mol. The molecule has 2 aliphatic rings. The Morgan fingerprint density at radius 2 is 1.97 bits per heavy atom. The topological polar surface area (TPSA) is 110 Å². The van der Waals surface area contributed by atoms with Gasteiger partial charge in [-0.3, -0.25) is 15.0 Å². The summed E-state index contributed by atoms with van der Waals surface area (Å²) in [7, 11) is 4.53. The second-order valence-electron chi connectivity index (χ2n) is 8.04. The highest BCUT2D eigenvalue weighted by molar-refractivity contribution is 7.16. The first-order chi connectivity index (χ1) is 17.2. The Morgan fingerprint density at radius 1 is 1.25 bits per heavy atom. The van der Waals surface area contributed by atoms with Gasteiger partial charge in [-0.25, -0.2) is 15.0 Å². The maximum absolute atomic E-state index is 13.4. The van der Waals surface area contributed by atoms with Gasteiger partial charge in [-0.1, -0.05) is 11.3 Å². The molecule has 1 saturated heterocycles. The summed E-state index contributed by atoms with van der Waals surface area (Å²) in [5.41, 5.74) is -0.900. The molecule has 0 aliphatic carbocycles. The molecule has 1 amide bonds. The summed E-state index contributed by atoms with van der Waals surface area (Å²) >= 11 is 1.19. The van der Waals surface area contributed by atoms with Gasteiger partial charge in [0.15, 0.2) is 10.7 Å². The molecule has 2 atom stereocenters. The highest BCUT2D eigenvalue weighted by atomic mass is 32.1. The molecule has 0 radical (unpaired) electrons. The number of fused-ring (bicyclic) bond motifs is 4. The van der Waals surface area contributed by atoms with E-state index in [0.717, 1.165) is 12.1 Å². The summed E-state index contributed by atoms with van der Waals surface area (Å²) in [6.07, 6.45) is -3.31. The lowest BCUT2D eigenvalue weighted by Gasteiger charge is -2.26. The zero-order valence-electron chi connectivity index (χ0n) is 19.4. The van der Waals surface area contributed by atoms with Gasteiger partial charge >= 0.3 is 6.18 Å². The van der Waals surface area contributed by atoms with Crippen molar-refractivity contribution in [2.45, 2.75) is 11.9 Å². The first kappa shape index (κ1) is 24.2. The maximum Gasteiger partial charge on any atom is 0.416 e. The number of methoxy groups -OCH3 is 2. The fourth-order valence-corrected chi connectivity index (χ4v) is 5.21. The predicted octanol–water partition coefficient (Wildman–Crippen LogP) is 2.97. The van der Waals surface area contributed by atoms with E-state index in [0.29, 0.717) is 35.8 Å². The molecule has 36 heavy (non-hydrogen) atoms. The highest BCUT2D eigenvalue weighted by Gasteiger charge is 2.61. The van der Waals surface area contributed by atoms with E-state index in [1.165, 1.54) is 38.0 Å². The van der Waals surface area contributed by atoms with Crippen LogP contribution in [0.25, 0.3) is 11.3 Å². The van der Waals surface area contributed by atoms with E-state index in [9.17, 15) is 18.0 Å². The van der Waals surface area contributed by atoms with Crippen LogP contribution in [0.4, 0.5) is 18.3 Å². The number of hydrogen-bond donors (Lipinski definition) is 2. The number of thiazole rings is 1. The summed E-state index contributed by atoms with van der Waals surface area (Å²) in [6, 6.07) is 3.32. The smallest absolute Gasteiger partial charge is 0.416 e. The second-order valence-corrected chi connectivity index (χ2v) is 9.04. The number of anilines is 1. The van der Waals surface area contributed by atoms with E-state index in [1.54, 1.807) is 0 Å². The molecule has 2 aromatic heterocycles. The van der Waals surface area contributed by atoms with Crippen molar-refractivity contribution < 1.29 is 32.2 Å². The molecular formula is C22H21F3N6O4S. The molecule has 190 valence electrons. The van der Waals surface area contributed by atoms with Crippen molar-refractivity contribution in [2.75, 3.05) is 46.2 Å². The van der Waals surface area contributed by atoms with Crippen LogP contribution in [-0.2, 0) is 11.9 Å². The average Bonchev–Trinajstić information content (AvgIpc) is 3.36. The number of carbonyl (C=O) groups is 1. The van der Waals surface area contributed by atoms with Gasteiger partial charge in [-0.05, 0) is 25.2 Å². The van der Waals surface area contributed by atoms with Crippen molar-refractivity contribution in [1.82, 2.24) is 25.2 Å². The minimum atomic E-state index is -4.52. The molecule has 3 aromatic rings. The van der Waals surface area contributed by atoms with Crippen LogP contribution in [0.3, 0.4) is 0 Å². The number of carbonyl (C=O) groups excluding carboxylic acids is 1. The van der Waals surface area contributed by atoms with Gasteiger partial charge in [0.1, 0.15) is 12.1 Å². The third-order valence-electron chi connectivity index (χ3n) is 5.88. The summed E-state index contributed by atoms with van der Waals surface area (Å²) in [5, 5.41) is 6.00. The number of ether oxygens (including phenoxy) is 3. The van der Waals surface area contributed by atoms with Crippen LogP contribution in [0.15, 0.2) is 24.5 Å². The third-order valence-corrected chi connectivity index (χ3v) is 6.98. The number of rotatable bonds is 7. The molecule has 2 aliphatic heterocycles. The van der Waals surface area contributed by atoms with E-state index in [-0.39, 0.29) is 28.2 Å². The Labute approximate surface area is 207 Å². The fraction of sp³-hybridized carbons (Fsp3) is 0.364. The second kappa shape index (κ2) is 8.87. The van der Waals surface area contributed by atoms with Gasteiger partial charge in [-0.15, -0.1) is 0 Å². The first-order valence-electron chi connectivity index (χ1n) is 10.8. The molecular weight excluding hydrogens is 501 g/mol. The minimum absolute atomic E-state index is 0.0149. The molecule has 0 bridgehead atoms. The summed E-state index contributed by atoms with van der Waals surface area (Å²) in [6.45, 7) is 1.74. The van der Waals surface area contributed by atoms with Crippen LogP contribution in [0, 0.1) is 0 Å². The molecule has 14 heteroatoms. The SMILES string of the molecule is CNCCN1CC12Oc1cc(C(F)(F)F)ccc1-c1nc(NC(=O)c3c(OC)ncnc3OC)sc12. The quantitative estimate of drug-likeness (QED) is 0.453. The first-order valence-corrected chi connectivity index (χ1v) is 11.6. The largest absolute Gasteiger partial charge is 0.480 e. The lowest BCUT2D eigenvalue weighted by molar-refractivity contribution is -0.137. The number of benzene rings is 1. The van der Waals surface area contributed by atoms with Gasteiger partial charge in [0.2, 0.25) is 17.5 Å². The number of nitrogens with one attached hydrogen (secondary N) is 2. The van der Waals surface area contributed by atoms with Gasteiger partial charge in [-0.2, -0.15) is 13.2 Å². The van der Waals surface area contributed by atoms with E-state index < -0.39 is 23.4 Å².